The molecule has 2 atom stereocenters. The van der Waals surface area contributed by atoms with Crippen molar-refractivity contribution >= 4 is 58.1 Å². The van der Waals surface area contributed by atoms with Crippen LogP contribution in [0.3, 0.4) is 0 Å². The third-order valence-electron chi connectivity index (χ3n) is 7.18. The average Bonchev–Trinajstić information content (AvgIpc) is 3.46. The zero-order valence-corrected chi connectivity index (χ0v) is 22.3. The zero-order valence-electron chi connectivity index (χ0n) is 20.8. The van der Waals surface area contributed by atoms with Crippen LogP contribution in [0.5, 0.6) is 0 Å². The van der Waals surface area contributed by atoms with Crippen molar-refractivity contribution in [2.24, 2.45) is 0 Å². The van der Waals surface area contributed by atoms with Crippen molar-refractivity contribution in [3.05, 3.63) is 33.1 Å². The number of fused-ring (bicyclic) bond motifs is 3. The molecule has 0 radical (unpaired) electrons. The number of rotatable bonds is 3. The summed E-state index contributed by atoms with van der Waals surface area (Å²) in [6.45, 7) is 4.94. The summed E-state index contributed by atoms with van der Waals surface area (Å²) < 4.78 is 4.79. The molecule has 0 unspecified atom stereocenters. The first-order valence-electron chi connectivity index (χ1n) is 11.6. The van der Waals surface area contributed by atoms with Gasteiger partial charge in [0.2, 0.25) is 16.4 Å². The summed E-state index contributed by atoms with van der Waals surface area (Å²) in [6, 6.07) is 0. The van der Waals surface area contributed by atoms with Gasteiger partial charge in [0.15, 0.2) is 5.82 Å². The van der Waals surface area contributed by atoms with Crippen molar-refractivity contribution in [1.29, 1.82) is 0 Å². The first kappa shape index (κ1) is 29.2. The molecule has 0 aliphatic carbocycles. The SMILES string of the molecule is C.CN1C(=O)[C@]2(C)CCCN2c2nc(Cl)ncc21.COC(=O)[C@]1(C)CCCN1c1nc(Cl)ncc1[N+](=O)[O-]. The normalized spacial score (nSPS) is 23.6. The van der Waals surface area contributed by atoms with Gasteiger partial charge in [-0.2, -0.15) is 9.97 Å². The van der Waals surface area contributed by atoms with Gasteiger partial charge in [-0.25, -0.2) is 14.8 Å². The Bertz CT molecular complexity index is 1270. The minimum absolute atomic E-state index is 0. The Balaban J connectivity index is 0.000000207. The monoisotopic (exact) mass is 568 g/mol. The molecule has 0 spiro atoms. The van der Waals surface area contributed by atoms with Crippen molar-refractivity contribution in [3.63, 3.8) is 0 Å². The Morgan fingerprint density at radius 1 is 1.05 bits per heavy atom. The predicted molar refractivity (Wildman–Crippen MR) is 143 cm³/mol. The van der Waals surface area contributed by atoms with Crippen LogP contribution in [0, 0.1) is 10.1 Å². The smallest absolute Gasteiger partial charge is 0.331 e. The highest BCUT2D eigenvalue weighted by molar-refractivity contribution is 6.28. The molecule has 0 N–H and O–H groups in total. The number of methoxy groups -OCH3 is 1. The van der Waals surface area contributed by atoms with E-state index in [0.717, 1.165) is 37.1 Å². The quantitative estimate of drug-likeness (QED) is 0.231. The van der Waals surface area contributed by atoms with Crippen LogP contribution >= 0.6 is 23.2 Å². The summed E-state index contributed by atoms with van der Waals surface area (Å²) in [6.07, 6.45) is 5.73. The highest BCUT2D eigenvalue weighted by atomic mass is 35.5. The van der Waals surface area contributed by atoms with Gasteiger partial charge in [-0.3, -0.25) is 14.9 Å². The average molecular weight is 569 g/mol. The second kappa shape index (κ2) is 10.8. The van der Waals surface area contributed by atoms with Gasteiger partial charge < -0.3 is 19.4 Å². The number of likely N-dealkylation sites (N-methyl/N-ethyl adjacent to an activating group) is 1. The molecule has 2 fully saturated rings. The number of hydrogen-bond donors (Lipinski definition) is 0. The van der Waals surface area contributed by atoms with Gasteiger partial charge in [-0.1, -0.05) is 7.43 Å². The molecule has 3 aliphatic rings. The van der Waals surface area contributed by atoms with Crippen LogP contribution in [0.25, 0.3) is 0 Å². The fraction of sp³-hybridized carbons (Fsp3) is 0.565. The van der Waals surface area contributed by atoms with Crippen LogP contribution in [0.4, 0.5) is 23.0 Å². The number of anilines is 3. The molecule has 0 bridgehead atoms. The number of halogens is 2. The Morgan fingerprint density at radius 3 is 2.26 bits per heavy atom. The Hall–Kier alpha value is -3.32. The number of aromatic nitrogens is 4. The van der Waals surface area contributed by atoms with E-state index in [-0.39, 0.29) is 35.4 Å². The fourth-order valence-electron chi connectivity index (χ4n) is 5.18. The van der Waals surface area contributed by atoms with Crippen molar-refractivity contribution < 1.29 is 19.2 Å². The van der Waals surface area contributed by atoms with Crippen LogP contribution in [0.2, 0.25) is 10.6 Å². The molecule has 0 saturated carbocycles. The highest BCUT2D eigenvalue weighted by Crippen LogP contribution is 2.44. The molecule has 5 rings (SSSR count). The van der Waals surface area contributed by atoms with Crippen molar-refractivity contribution in [3.8, 4) is 0 Å². The zero-order chi connectivity index (χ0) is 27.1. The van der Waals surface area contributed by atoms with Gasteiger partial charge in [0.1, 0.15) is 23.0 Å². The van der Waals surface area contributed by atoms with E-state index in [2.05, 4.69) is 24.8 Å². The van der Waals surface area contributed by atoms with Gasteiger partial charge in [0.05, 0.1) is 18.2 Å². The molecule has 206 valence electrons. The number of carbonyl (C=O) groups excluding carboxylic acids is 2. The van der Waals surface area contributed by atoms with E-state index < -0.39 is 22.0 Å². The van der Waals surface area contributed by atoms with Crippen molar-refractivity contribution in [1.82, 2.24) is 19.9 Å². The number of nitrogens with zero attached hydrogens (tertiary/aromatic N) is 8. The van der Waals surface area contributed by atoms with Gasteiger partial charge in [-0.15, -0.1) is 0 Å². The first-order valence-corrected chi connectivity index (χ1v) is 12.3. The number of carbonyl (C=O) groups is 2. The molecule has 2 aromatic heterocycles. The van der Waals surface area contributed by atoms with E-state index in [9.17, 15) is 19.7 Å². The number of hydrogen-bond acceptors (Lipinski definition) is 11. The van der Waals surface area contributed by atoms with Gasteiger partial charge in [0.25, 0.3) is 5.91 Å². The number of esters is 1. The number of nitro groups is 1. The molecule has 13 nitrogen and oxygen atoms in total. The number of amides is 1. The molecule has 2 saturated heterocycles. The van der Waals surface area contributed by atoms with E-state index in [4.69, 9.17) is 27.9 Å². The third kappa shape index (κ3) is 4.80. The minimum Gasteiger partial charge on any atom is -0.467 e. The standard InChI is InChI=1S/C11H13ClN4O4.C11H13ClN4O.CH4/c1-11(9(17)20-2)4-3-5-15(11)8-7(16(18)19)6-13-10(12)14-8;1-11-4-3-5-16(11)8-7(15(2)9(11)17)6-13-10(12)14-8;/h6H,3-5H2,1-2H3;6H,3-5H2,1-2H3;1H4/t2*11-;/m00./s1. The van der Waals surface area contributed by atoms with E-state index in [0.29, 0.717) is 19.4 Å². The second-order valence-electron chi connectivity index (χ2n) is 9.37. The summed E-state index contributed by atoms with van der Waals surface area (Å²) in [4.78, 5) is 55.8. The molecular weight excluding hydrogens is 539 g/mol. The van der Waals surface area contributed by atoms with Crippen molar-refractivity contribution in [2.45, 2.75) is 58.0 Å². The van der Waals surface area contributed by atoms with Crippen LogP contribution < -0.4 is 14.7 Å². The molecule has 38 heavy (non-hydrogen) atoms. The van der Waals surface area contributed by atoms with Crippen molar-refractivity contribution in [2.75, 3.05) is 41.9 Å². The highest BCUT2D eigenvalue weighted by Gasteiger charge is 2.50. The summed E-state index contributed by atoms with van der Waals surface area (Å²) in [5.74, 6) is 0.458. The first-order chi connectivity index (χ1) is 17.4. The van der Waals surface area contributed by atoms with Crippen LogP contribution in [-0.2, 0) is 14.3 Å². The second-order valence-corrected chi connectivity index (χ2v) is 10.0. The summed E-state index contributed by atoms with van der Waals surface area (Å²) in [5.41, 5.74) is -1.01. The van der Waals surface area contributed by atoms with E-state index in [1.54, 1.807) is 30.0 Å². The Morgan fingerprint density at radius 2 is 1.63 bits per heavy atom. The van der Waals surface area contributed by atoms with E-state index >= 15 is 0 Å². The lowest BCUT2D eigenvalue weighted by Crippen LogP contribution is -2.58. The maximum Gasteiger partial charge on any atom is 0.331 e. The lowest BCUT2D eigenvalue weighted by atomic mass is 9.94. The largest absolute Gasteiger partial charge is 0.467 e. The minimum atomic E-state index is -0.989. The van der Waals surface area contributed by atoms with Crippen LogP contribution in [0.15, 0.2) is 12.4 Å². The lowest BCUT2D eigenvalue weighted by molar-refractivity contribution is -0.384. The molecule has 1 amide bonds. The Kier molecular flexibility index (Phi) is 8.32. The third-order valence-corrected chi connectivity index (χ3v) is 7.55. The fourth-order valence-corrected chi connectivity index (χ4v) is 5.44. The molecule has 2 aromatic rings. The van der Waals surface area contributed by atoms with Crippen LogP contribution in [-0.4, -0.2) is 75.1 Å². The predicted octanol–water partition coefficient (Wildman–Crippen LogP) is 3.67. The molecule has 0 aromatic carbocycles. The summed E-state index contributed by atoms with van der Waals surface area (Å²) in [7, 11) is 3.05. The number of ether oxygens (including phenoxy) is 1. The van der Waals surface area contributed by atoms with Crippen LogP contribution in [0.1, 0.15) is 47.0 Å². The molecule has 3 aliphatic heterocycles. The van der Waals surface area contributed by atoms with Gasteiger partial charge in [0, 0.05) is 20.1 Å². The molecule has 5 heterocycles. The lowest BCUT2D eigenvalue weighted by Gasteiger charge is -2.43. The maximum absolute atomic E-state index is 12.4. The Labute approximate surface area is 230 Å². The summed E-state index contributed by atoms with van der Waals surface area (Å²) >= 11 is 11.6. The van der Waals surface area contributed by atoms with Gasteiger partial charge in [-0.05, 0) is 62.7 Å². The molecule has 15 heteroatoms. The topological polar surface area (TPSA) is 148 Å². The van der Waals surface area contributed by atoms with Gasteiger partial charge >= 0.3 is 11.7 Å². The van der Waals surface area contributed by atoms with E-state index in [1.807, 2.05) is 6.92 Å². The summed E-state index contributed by atoms with van der Waals surface area (Å²) in [5, 5.41) is 11.2. The van der Waals surface area contributed by atoms with E-state index in [1.165, 1.54) is 7.11 Å². The molecular formula is C23H30Cl2N8O5. The maximum atomic E-state index is 12.4.